The van der Waals surface area contributed by atoms with E-state index < -0.39 is 11.6 Å². The summed E-state index contributed by atoms with van der Waals surface area (Å²) in [7, 11) is 0. The van der Waals surface area contributed by atoms with E-state index in [9.17, 15) is 13.6 Å². The number of benzene rings is 1. The third-order valence-corrected chi connectivity index (χ3v) is 5.35. The standard InChI is InChI=1S/C19H17F2N3O2S/c20-15-4-3-13(10-16(15)21)19(25)24-7-5-23(6-8-24)11-14-12-26-18(22-14)17-2-1-9-27-17/h1-4,9-10,12H,5-8,11H2. The van der Waals surface area contributed by atoms with E-state index in [1.807, 2.05) is 17.5 Å². The third-order valence-electron chi connectivity index (χ3n) is 4.50. The highest BCUT2D eigenvalue weighted by atomic mass is 32.1. The van der Waals surface area contributed by atoms with Crippen molar-refractivity contribution < 1.29 is 18.0 Å². The second-order valence-corrected chi connectivity index (χ2v) is 7.27. The summed E-state index contributed by atoms with van der Waals surface area (Å²) in [5, 5.41) is 1.97. The first-order valence-corrected chi connectivity index (χ1v) is 9.43. The molecule has 0 bridgehead atoms. The molecular formula is C19H17F2N3O2S. The van der Waals surface area contributed by atoms with Gasteiger partial charge in [-0.25, -0.2) is 13.8 Å². The molecule has 27 heavy (non-hydrogen) atoms. The van der Waals surface area contributed by atoms with Gasteiger partial charge >= 0.3 is 0 Å². The van der Waals surface area contributed by atoms with E-state index in [0.29, 0.717) is 38.6 Å². The Bertz CT molecular complexity index is 934. The van der Waals surface area contributed by atoms with Crippen molar-refractivity contribution in [3.05, 3.63) is 64.9 Å². The van der Waals surface area contributed by atoms with Gasteiger partial charge in [-0.15, -0.1) is 11.3 Å². The number of thiophene rings is 1. The molecule has 4 rings (SSSR count). The number of piperazine rings is 1. The summed E-state index contributed by atoms with van der Waals surface area (Å²) in [5.41, 5.74) is 1.01. The summed E-state index contributed by atoms with van der Waals surface area (Å²) < 4.78 is 31.9. The molecule has 0 saturated carbocycles. The van der Waals surface area contributed by atoms with Crippen molar-refractivity contribution in [3.8, 4) is 10.8 Å². The lowest BCUT2D eigenvalue weighted by Crippen LogP contribution is -2.48. The van der Waals surface area contributed by atoms with Gasteiger partial charge in [0, 0.05) is 38.3 Å². The highest BCUT2D eigenvalue weighted by Crippen LogP contribution is 2.24. The molecule has 8 heteroatoms. The first-order chi connectivity index (χ1) is 13.1. The summed E-state index contributed by atoms with van der Waals surface area (Å²) in [5.74, 6) is -1.62. The van der Waals surface area contributed by atoms with Gasteiger partial charge in [-0.05, 0) is 29.6 Å². The summed E-state index contributed by atoms with van der Waals surface area (Å²) in [4.78, 5) is 21.8. The van der Waals surface area contributed by atoms with Gasteiger partial charge in [0.15, 0.2) is 11.6 Å². The van der Waals surface area contributed by atoms with Gasteiger partial charge in [-0.1, -0.05) is 6.07 Å². The van der Waals surface area contributed by atoms with Crippen LogP contribution in [0.1, 0.15) is 16.1 Å². The molecule has 2 aromatic heterocycles. The van der Waals surface area contributed by atoms with Gasteiger partial charge in [0.2, 0.25) is 5.89 Å². The lowest BCUT2D eigenvalue weighted by molar-refractivity contribution is 0.0626. The molecule has 5 nitrogen and oxygen atoms in total. The zero-order chi connectivity index (χ0) is 18.8. The number of halogens is 2. The number of hydrogen-bond donors (Lipinski definition) is 0. The van der Waals surface area contributed by atoms with Gasteiger partial charge in [-0.2, -0.15) is 0 Å². The number of oxazole rings is 1. The Balaban J connectivity index is 1.33. The predicted octanol–water partition coefficient (Wildman–Crippen LogP) is 3.64. The molecule has 1 aliphatic heterocycles. The molecule has 0 aliphatic carbocycles. The summed E-state index contributed by atoms with van der Waals surface area (Å²) in [6.07, 6.45) is 1.66. The van der Waals surface area contributed by atoms with Crippen LogP contribution in [0.25, 0.3) is 10.8 Å². The Labute approximate surface area is 158 Å². The predicted molar refractivity (Wildman–Crippen MR) is 97.4 cm³/mol. The number of hydrogen-bond acceptors (Lipinski definition) is 5. The van der Waals surface area contributed by atoms with Gasteiger partial charge in [-0.3, -0.25) is 9.69 Å². The van der Waals surface area contributed by atoms with Gasteiger partial charge < -0.3 is 9.32 Å². The first-order valence-electron chi connectivity index (χ1n) is 8.55. The normalized spacial score (nSPS) is 15.3. The quantitative estimate of drug-likeness (QED) is 0.684. The van der Waals surface area contributed by atoms with Crippen LogP contribution in [0, 0.1) is 11.6 Å². The molecule has 1 amide bonds. The van der Waals surface area contributed by atoms with Gasteiger partial charge in [0.25, 0.3) is 5.91 Å². The van der Waals surface area contributed by atoms with Crippen molar-refractivity contribution in [2.24, 2.45) is 0 Å². The van der Waals surface area contributed by atoms with E-state index in [2.05, 4.69) is 9.88 Å². The van der Waals surface area contributed by atoms with Crippen molar-refractivity contribution in [2.45, 2.75) is 6.54 Å². The molecule has 0 unspecified atom stereocenters. The third kappa shape index (κ3) is 3.91. The van der Waals surface area contributed by atoms with Crippen LogP contribution in [0.4, 0.5) is 8.78 Å². The van der Waals surface area contributed by atoms with Crippen LogP contribution in [-0.2, 0) is 6.54 Å². The maximum atomic E-state index is 13.3. The van der Waals surface area contributed by atoms with Crippen LogP contribution in [0.15, 0.2) is 46.4 Å². The number of amides is 1. The maximum absolute atomic E-state index is 13.3. The van der Waals surface area contributed by atoms with Gasteiger partial charge in [0.05, 0.1) is 10.6 Å². The molecular weight excluding hydrogens is 372 g/mol. The van der Waals surface area contributed by atoms with E-state index in [1.54, 1.807) is 22.5 Å². The van der Waals surface area contributed by atoms with Gasteiger partial charge in [0.1, 0.15) is 6.26 Å². The SMILES string of the molecule is O=C(c1ccc(F)c(F)c1)N1CCN(Cc2coc(-c3cccs3)n2)CC1. The molecule has 0 spiro atoms. The number of rotatable bonds is 4. The fourth-order valence-corrected chi connectivity index (χ4v) is 3.70. The van der Waals surface area contributed by atoms with Crippen molar-refractivity contribution in [1.82, 2.24) is 14.8 Å². The molecule has 1 fully saturated rings. The summed E-state index contributed by atoms with van der Waals surface area (Å²) in [6.45, 7) is 3.04. The van der Waals surface area contributed by atoms with Crippen molar-refractivity contribution in [2.75, 3.05) is 26.2 Å². The number of carbonyl (C=O) groups is 1. The average Bonchev–Trinajstić information content (AvgIpc) is 3.36. The Morgan fingerprint density at radius 3 is 2.67 bits per heavy atom. The highest BCUT2D eigenvalue weighted by molar-refractivity contribution is 7.13. The van der Waals surface area contributed by atoms with Crippen LogP contribution >= 0.6 is 11.3 Å². The molecule has 0 radical (unpaired) electrons. The van der Waals surface area contributed by atoms with E-state index in [0.717, 1.165) is 22.7 Å². The number of carbonyl (C=O) groups excluding carboxylic acids is 1. The Morgan fingerprint density at radius 1 is 1.15 bits per heavy atom. The fourth-order valence-electron chi connectivity index (χ4n) is 3.04. The van der Waals surface area contributed by atoms with E-state index in [1.165, 1.54) is 6.07 Å². The van der Waals surface area contributed by atoms with E-state index in [-0.39, 0.29) is 11.5 Å². The molecule has 140 valence electrons. The fraction of sp³-hybridized carbons (Fsp3) is 0.263. The molecule has 3 aromatic rings. The highest BCUT2D eigenvalue weighted by Gasteiger charge is 2.23. The minimum absolute atomic E-state index is 0.166. The minimum Gasteiger partial charge on any atom is -0.444 e. The first kappa shape index (κ1) is 17.8. The zero-order valence-electron chi connectivity index (χ0n) is 14.4. The van der Waals surface area contributed by atoms with E-state index in [4.69, 9.17) is 4.42 Å². The van der Waals surface area contributed by atoms with Crippen LogP contribution < -0.4 is 0 Å². The number of aromatic nitrogens is 1. The van der Waals surface area contributed by atoms with Crippen LogP contribution in [-0.4, -0.2) is 46.9 Å². The molecule has 0 N–H and O–H groups in total. The maximum Gasteiger partial charge on any atom is 0.254 e. The topological polar surface area (TPSA) is 49.6 Å². The molecule has 1 saturated heterocycles. The Hall–Kier alpha value is -2.58. The van der Waals surface area contributed by atoms with E-state index >= 15 is 0 Å². The molecule has 1 aromatic carbocycles. The van der Waals surface area contributed by atoms with Crippen molar-refractivity contribution in [1.29, 1.82) is 0 Å². The largest absolute Gasteiger partial charge is 0.444 e. The van der Waals surface area contributed by atoms with Crippen molar-refractivity contribution >= 4 is 17.2 Å². The summed E-state index contributed by atoms with van der Waals surface area (Å²) in [6, 6.07) is 7.16. The molecule has 1 aliphatic rings. The second-order valence-electron chi connectivity index (χ2n) is 6.32. The average molecular weight is 389 g/mol. The van der Waals surface area contributed by atoms with Crippen LogP contribution in [0.2, 0.25) is 0 Å². The molecule has 0 atom stereocenters. The van der Waals surface area contributed by atoms with Crippen LogP contribution in [0.3, 0.4) is 0 Å². The van der Waals surface area contributed by atoms with Crippen molar-refractivity contribution in [3.63, 3.8) is 0 Å². The Kier molecular flexibility index (Phi) is 5.00. The monoisotopic (exact) mass is 389 g/mol. The second kappa shape index (κ2) is 7.58. The smallest absolute Gasteiger partial charge is 0.254 e. The van der Waals surface area contributed by atoms with Crippen LogP contribution in [0.5, 0.6) is 0 Å². The molecule has 3 heterocycles. The Morgan fingerprint density at radius 2 is 1.96 bits per heavy atom. The summed E-state index contributed by atoms with van der Waals surface area (Å²) >= 11 is 1.57. The number of nitrogens with zero attached hydrogens (tertiary/aromatic N) is 3. The minimum atomic E-state index is -1.01. The zero-order valence-corrected chi connectivity index (χ0v) is 15.2. The lowest BCUT2D eigenvalue weighted by Gasteiger charge is -2.34. The lowest BCUT2D eigenvalue weighted by atomic mass is 10.1.